The highest BCUT2D eigenvalue weighted by Gasteiger charge is 2.16. The molecule has 4 nitrogen and oxygen atoms in total. The van der Waals surface area contributed by atoms with Crippen molar-refractivity contribution in [1.29, 1.82) is 0 Å². The molecular formula is C20H22Cl3NO3. The molecule has 0 aromatic heterocycles. The third-order valence-corrected chi connectivity index (χ3v) is 5.43. The molecule has 0 amide bonds. The molecule has 0 aliphatic carbocycles. The summed E-state index contributed by atoms with van der Waals surface area (Å²) in [4.78, 5) is 0. The van der Waals surface area contributed by atoms with Gasteiger partial charge in [0, 0.05) is 35.3 Å². The SMILES string of the molecule is COc1cc(CNC[C@H]2CCCO2)cc(Cl)c1OCc1c(Cl)cccc1Cl. The van der Waals surface area contributed by atoms with Crippen LogP contribution in [-0.2, 0) is 17.9 Å². The van der Waals surface area contributed by atoms with Crippen LogP contribution in [0.3, 0.4) is 0 Å². The summed E-state index contributed by atoms with van der Waals surface area (Å²) in [5.41, 5.74) is 1.72. The molecular weight excluding hydrogens is 409 g/mol. The van der Waals surface area contributed by atoms with Gasteiger partial charge in [0.1, 0.15) is 6.61 Å². The van der Waals surface area contributed by atoms with Crippen LogP contribution in [0.2, 0.25) is 15.1 Å². The van der Waals surface area contributed by atoms with Crippen LogP contribution in [0, 0.1) is 0 Å². The van der Waals surface area contributed by atoms with Crippen LogP contribution in [0.15, 0.2) is 30.3 Å². The lowest BCUT2D eigenvalue weighted by Gasteiger charge is -2.16. The predicted molar refractivity (Wildman–Crippen MR) is 109 cm³/mol. The summed E-state index contributed by atoms with van der Waals surface area (Å²) < 4.78 is 17.0. The van der Waals surface area contributed by atoms with Gasteiger partial charge < -0.3 is 19.5 Å². The zero-order chi connectivity index (χ0) is 19.2. The molecule has 0 unspecified atom stereocenters. The second kappa shape index (κ2) is 9.85. The van der Waals surface area contributed by atoms with E-state index in [1.807, 2.05) is 12.1 Å². The average Bonchev–Trinajstić information content (AvgIpc) is 3.15. The zero-order valence-corrected chi connectivity index (χ0v) is 17.3. The largest absolute Gasteiger partial charge is 0.493 e. The maximum absolute atomic E-state index is 6.44. The number of methoxy groups -OCH3 is 1. The predicted octanol–water partition coefficient (Wildman–Crippen LogP) is 5.50. The van der Waals surface area contributed by atoms with Gasteiger partial charge in [-0.3, -0.25) is 0 Å². The van der Waals surface area contributed by atoms with Crippen LogP contribution in [0.5, 0.6) is 11.5 Å². The summed E-state index contributed by atoms with van der Waals surface area (Å²) in [5, 5.41) is 4.97. The topological polar surface area (TPSA) is 39.7 Å². The van der Waals surface area contributed by atoms with E-state index in [9.17, 15) is 0 Å². The Balaban J connectivity index is 1.66. The van der Waals surface area contributed by atoms with E-state index in [-0.39, 0.29) is 6.61 Å². The zero-order valence-electron chi connectivity index (χ0n) is 15.1. The third-order valence-electron chi connectivity index (χ3n) is 4.44. The van der Waals surface area contributed by atoms with E-state index >= 15 is 0 Å². The van der Waals surface area contributed by atoms with Gasteiger partial charge in [0.15, 0.2) is 11.5 Å². The van der Waals surface area contributed by atoms with Crippen molar-refractivity contribution < 1.29 is 14.2 Å². The van der Waals surface area contributed by atoms with Crippen LogP contribution in [0.1, 0.15) is 24.0 Å². The molecule has 1 fully saturated rings. The van der Waals surface area contributed by atoms with Gasteiger partial charge in [0.2, 0.25) is 0 Å². The monoisotopic (exact) mass is 429 g/mol. The molecule has 1 saturated heterocycles. The molecule has 7 heteroatoms. The fourth-order valence-corrected chi connectivity index (χ4v) is 3.81. The van der Waals surface area contributed by atoms with Gasteiger partial charge >= 0.3 is 0 Å². The molecule has 1 aliphatic rings. The smallest absolute Gasteiger partial charge is 0.180 e. The van der Waals surface area contributed by atoms with E-state index in [1.165, 1.54) is 0 Å². The van der Waals surface area contributed by atoms with E-state index in [2.05, 4.69) is 5.32 Å². The summed E-state index contributed by atoms with van der Waals surface area (Å²) in [7, 11) is 1.59. The summed E-state index contributed by atoms with van der Waals surface area (Å²) >= 11 is 18.8. The van der Waals surface area contributed by atoms with Crippen LogP contribution in [0.25, 0.3) is 0 Å². The molecule has 2 aromatic rings. The highest BCUT2D eigenvalue weighted by atomic mass is 35.5. The molecule has 2 aromatic carbocycles. The Hall–Kier alpha value is -1.17. The first-order chi connectivity index (χ1) is 13.1. The lowest BCUT2D eigenvalue weighted by atomic mass is 10.2. The highest BCUT2D eigenvalue weighted by Crippen LogP contribution is 2.38. The Labute approximate surface area is 174 Å². The number of rotatable bonds is 8. The van der Waals surface area contributed by atoms with E-state index in [4.69, 9.17) is 49.0 Å². The van der Waals surface area contributed by atoms with Gasteiger partial charge in [-0.25, -0.2) is 0 Å². The molecule has 146 valence electrons. The number of hydrogen-bond donors (Lipinski definition) is 1. The Morgan fingerprint density at radius 1 is 1.15 bits per heavy atom. The Morgan fingerprint density at radius 2 is 1.93 bits per heavy atom. The summed E-state index contributed by atoms with van der Waals surface area (Å²) in [6, 6.07) is 9.12. The first kappa shape index (κ1) is 20.6. The molecule has 0 radical (unpaired) electrons. The molecule has 1 heterocycles. The van der Waals surface area contributed by atoms with E-state index in [1.54, 1.807) is 25.3 Å². The molecule has 27 heavy (non-hydrogen) atoms. The molecule has 3 rings (SSSR count). The van der Waals surface area contributed by atoms with Crippen LogP contribution in [-0.4, -0.2) is 26.4 Å². The maximum Gasteiger partial charge on any atom is 0.180 e. The first-order valence-electron chi connectivity index (χ1n) is 8.83. The lowest BCUT2D eigenvalue weighted by molar-refractivity contribution is 0.110. The standard InChI is InChI=1S/C20H22Cl3NO3/c1-25-19-9-13(10-24-11-14-4-3-7-26-14)8-18(23)20(19)27-12-15-16(21)5-2-6-17(15)22/h2,5-6,8-9,14,24H,3-4,7,10-12H2,1H3/t14-/m1/s1. The minimum atomic E-state index is 0.200. The van der Waals surface area contributed by atoms with Crippen molar-refractivity contribution in [3.05, 3.63) is 56.5 Å². The summed E-state index contributed by atoms with van der Waals surface area (Å²) in [5.74, 6) is 1.04. The molecule has 1 aliphatic heterocycles. The van der Waals surface area contributed by atoms with Gasteiger partial charge in [-0.15, -0.1) is 0 Å². The molecule has 0 saturated carbocycles. The molecule has 1 N–H and O–H groups in total. The van der Waals surface area contributed by atoms with Crippen molar-refractivity contribution in [2.45, 2.75) is 32.1 Å². The Kier molecular flexibility index (Phi) is 7.50. The first-order valence-corrected chi connectivity index (χ1v) is 9.96. The quantitative estimate of drug-likeness (QED) is 0.600. The van der Waals surface area contributed by atoms with Crippen molar-refractivity contribution in [2.75, 3.05) is 20.3 Å². The third kappa shape index (κ3) is 5.43. The number of hydrogen-bond acceptors (Lipinski definition) is 4. The minimum Gasteiger partial charge on any atom is -0.493 e. The van der Waals surface area contributed by atoms with Gasteiger partial charge in [0.25, 0.3) is 0 Å². The van der Waals surface area contributed by atoms with Crippen molar-refractivity contribution in [3.63, 3.8) is 0 Å². The number of ether oxygens (including phenoxy) is 3. The van der Waals surface area contributed by atoms with Gasteiger partial charge in [-0.05, 0) is 42.7 Å². The van der Waals surface area contributed by atoms with Crippen molar-refractivity contribution in [2.24, 2.45) is 0 Å². The van der Waals surface area contributed by atoms with E-state index in [0.29, 0.717) is 44.8 Å². The molecule has 1 atom stereocenters. The Morgan fingerprint density at radius 3 is 2.59 bits per heavy atom. The molecule has 0 spiro atoms. The highest BCUT2D eigenvalue weighted by molar-refractivity contribution is 6.36. The minimum absolute atomic E-state index is 0.200. The van der Waals surface area contributed by atoms with E-state index < -0.39 is 0 Å². The fraction of sp³-hybridized carbons (Fsp3) is 0.400. The summed E-state index contributed by atoms with van der Waals surface area (Å²) in [6.07, 6.45) is 2.53. The lowest BCUT2D eigenvalue weighted by Crippen LogP contribution is -2.25. The Bertz CT molecular complexity index is 759. The second-order valence-corrected chi connectivity index (χ2v) is 7.59. The molecule has 0 bridgehead atoms. The van der Waals surface area contributed by atoms with Crippen molar-refractivity contribution >= 4 is 34.8 Å². The van der Waals surface area contributed by atoms with Crippen LogP contribution >= 0.6 is 34.8 Å². The van der Waals surface area contributed by atoms with Crippen LogP contribution in [0.4, 0.5) is 0 Å². The van der Waals surface area contributed by atoms with Crippen LogP contribution < -0.4 is 14.8 Å². The normalized spacial score (nSPS) is 16.5. The van der Waals surface area contributed by atoms with Crippen molar-refractivity contribution in [3.8, 4) is 11.5 Å². The number of halogens is 3. The number of nitrogens with one attached hydrogen (secondary N) is 1. The fourth-order valence-electron chi connectivity index (χ4n) is 3.01. The van der Waals surface area contributed by atoms with Gasteiger partial charge in [-0.1, -0.05) is 40.9 Å². The van der Waals surface area contributed by atoms with Gasteiger partial charge in [0.05, 0.1) is 18.2 Å². The second-order valence-electron chi connectivity index (χ2n) is 6.36. The summed E-state index contributed by atoms with van der Waals surface area (Å²) in [6.45, 7) is 2.55. The maximum atomic E-state index is 6.44. The number of benzene rings is 2. The van der Waals surface area contributed by atoms with E-state index in [0.717, 1.165) is 31.6 Å². The van der Waals surface area contributed by atoms with Gasteiger partial charge in [-0.2, -0.15) is 0 Å². The van der Waals surface area contributed by atoms with Crippen molar-refractivity contribution in [1.82, 2.24) is 5.32 Å². The average molecular weight is 431 g/mol.